The first-order valence-corrected chi connectivity index (χ1v) is 12.8. The third kappa shape index (κ3) is 4.77. The Morgan fingerprint density at radius 2 is 1.97 bits per heavy atom. The van der Waals surface area contributed by atoms with Gasteiger partial charge in [-0.25, -0.2) is 8.42 Å². The van der Waals surface area contributed by atoms with Crippen molar-refractivity contribution in [2.24, 2.45) is 0 Å². The minimum atomic E-state index is -3.41. The summed E-state index contributed by atoms with van der Waals surface area (Å²) in [4.78, 5) is 15.7. The summed E-state index contributed by atoms with van der Waals surface area (Å²) in [7, 11) is -3.41. The predicted octanol–water partition coefficient (Wildman–Crippen LogP) is 2.98. The van der Waals surface area contributed by atoms with Crippen molar-refractivity contribution < 1.29 is 17.9 Å². The summed E-state index contributed by atoms with van der Waals surface area (Å²) in [5.41, 5.74) is 3.78. The number of sulfone groups is 1. The molecule has 2 aromatic carbocycles. The molecule has 0 aromatic heterocycles. The van der Waals surface area contributed by atoms with Gasteiger partial charge in [-0.15, -0.1) is 0 Å². The summed E-state index contributed by atoms with van der Waals surface area (Å²) < 4.78 is 29.9. The number of amides is 1. The second-order valence-corrected chi connectivity index (χ2v) is 10.5. The maximum atomic E-state index is 13.1. The fraction of sp³-hybridized carbons (Fsp3) is 0.458. The Kier molecular flexibility index (Phi) is 6.34. The summed E-state index contributed by atoms with van der Waals surface area (Å²) in [6.07, 6.45) is 4.90. The molecule has 1 atom stereocenters. The zero-order valence-corrected chi connectivity index (χ0v) is 19.0. The van der Waals surface area contributed by atoms with Crippen LogP contribution in [0.5, 0.6) is 5.75 Å². The molecule has 0 unspecified atom stereocenters. The van der Waals surface area contributed by atoms with E-state index in [2.05, 4.69) is 41.4 Å². The summed E-state index contributed by atoms with van der Waals surface area (Å²) in [5, 5.41) is 3.06. The molecule has 6 nitrogen and oxygen atoms in total. The Labute approximate surface area is 184 Å². The summed E-state index contributed by atoms with van der Waals surface area (Å²) in [6.45, 7) is 5.04. The van der Waals surface area contributed by atoms with E-state index in [1.54, 1.807) is 6.07 Å². The third-order valence-electron chi connectivity index (χ3n) is 6.19. The standard InChI is InChI=1S/C24H30N2O4S/c1-3-4-10-26-16-19-8-6-5-7-17(19)12-20(26)15-25-24(27)22-14-21(31(2,28)29)13-18-9-11-30-23(18)22/h5-8,13-14,20H,3-4,9-12,15-16H2,1-2H3,(H,25,27)/t20-/m0/s1. The zero-order valence-electron chi connectivity index (χ0n) is 18.2. The summed E-state index contributed by atoms with van der Waals surface area (Å²) in [6, 6.07) is 11.8. The Hall–Kier alpha value is -2.38. The number of fused-ring (bicyclic) bond motifs is 2. The smallest absolute Gasteiger partial charge is 0.255 e. The first-order chi connectivity index (χ1) is 14.9. The van der Waals surface area contributed by atoms with Crippen LogP contribution in [0.15, 0.2) is 41.3 Å². The van der Waals surface area contributed by atoms with Crippen molar-refractivity contribution in [3.63, 3.8) is 0 Å². The number of hydrogen-bond acceptors (Lipinski definition) is 5. The largest absolute Gasteiger partial charge is 0.492 e. The van der Waals surface area contributed by atoms with Crippen molar-refractivity contribution >= 4 is 15.7 Å². The van der Waals surface area contributed by atoms with Crippen LogP contribution in [-0.4, -0.2) is 51.2 Å². The van der Waals surface area contributed by atoms with Crippen LogP contribution >= 0.6 is 0 Å². The van der Waals surface area contributed by atoms with Crippen LogP contribution in [0.2, 0.25) is 0 Å². The van der Waals surface area contributed by atoms with Gasteiger partial charge >= 0.3 is 0 Å². The lowest BCUT2D eigenvalue weighted by Crippen LogP contribution is -2.47. The van der Waals surface area contributed by atoms with Gasteiger partial charge in [0, 0.05) is 31.8 Å². The van der Waals surface area contributed by atoms with Gasteiger partial charge in [-0.1, -0.05) is 37.6 Å². The van der Waals surface area contributed by atoms with Crippen LogP contribution < -0.4 is 10.1 Å². The van der Waals surface area contributed by atoms with Gasteiger partial charge in [-0.2, -0.15) is 0 Å². The molecule has 0 bridgehead atoms. The van der Waals surface area contributed by atoms with E-state index >= 15 is 0 Å². The van der Waals surface area contributed by atoms with Gasteiger partial charge in [0.05, 0.1) is 17.1 Å². The molecule has 31 heavy (non-hydrogen) atoms. The molecule has 7 heteroatoms. The van der Waals surface area contributed by atoms with Gasteiger partial charge in [-0.05, 0) is 48.2 Å². The Morgan fingerprint density at radius 1 is 1.19 bits per heavy atom. The highest BCUT2D eigenvalue weighted by atomic mass is 32.2. The highest BCUT2D eigenvalue weighted by Crippen LogP contribution is 2.32. The molecule has 0 aliphatic carbocycles. The van der Waals surface area contributed by atoms with Crippen LogP contribution in [0.1, 0.15) is 46.8 Å². The second-order valence-electron chi connectivity index (χ2n) is 8.49. The lowest BCUT2D eigenvalue weighted by molar-refractivity contribution is 0.0921. The van der Waals surface area contributed by atoms with Gasteiger partial charge in [-0.3, -0.25) is 9.69 Å². The normalized spacial score (nSPS) is 18.2. The van der Waals surface area contributed by atoms with Crippen LogP contribution in [0.25, 0.3) is 0 Å². The number of carbonyl (C=O) groups excluding carboxylic acids is 1. The molecule has 0 saturated heterocycles. The maximum absolute atomic E-state index is 13.1. The van der Waals surface area contributed by atoms with Crippen LogP contribution in [0.3, 0.4) is 0 Å². The van der Waals surface area contributed by atoms with Gasteiger partial charge in [0.15, 0.2) is 9.84 Å². The SMILES string of the molecule is CCCCN1Cc2ccccc2C[C@H]1CNC(=O)c1cc(S(C)(=O)=O)cc2c1OCC2. The number of nitrogens with zero attached hydrogens (tertiary/aromatic N) is 1. The van der Waals surface area contributed by atoms with Gasteiger partial charge in [0.25, 0.3) is 5.91 Å². The van der Waals surface area contributed by atoms with E-state index < -0.39 is 9.84 Å². The van der Waals surface area contributed by atoms with Crippen molar-refractivity contribution in [1.29, 1.82) is 0 Å². The number of carbonyl (C=O) groups is 1. The molecule has 2 aromatic rings. The molecular weight excluding hydrogens is 412 g/mol. The summed E-state index contributed by atoms with van der Waals surface area (Å²) >= 11 is 0. The topological polar surface area (TPSA) is 75.7 Å². The van der Waals surface area contributed by atoms with Gasteiger partial charge < -0.3 is 10.1 Å². The van der Waals surface area contributed by atoms with Crippen molar-refractivity contribution in [3.8, 4) is 5.75 Å². The quantitative estimate of drug-likeness (QED) is 0.714. The number of benzene rings is 2. The minimum Gasteiger partial charge on any atom is -0.492 e. The molecule has 2 aliphatic rings. The molecule has 2 heterocycles. The summed E-state index contributed by atoms with van der Waals surface area (Å²) in [5.74, 6) is 0.236. The van der Waals surface area contributed by atoms with E-state index in [0.717, 1.165) is 44.2 Å². The minimum absolute atomic E-state index is 0.165. The van der Waals surface area contributed by atoms with Crippen molar-refractivity contribution in [2.75, 3.05) is 26.0 Å². The molecule has 0 spiro atoms. The van der Waals surface area contributed by atoms with Crippen molar-refractivity contribution in [1.82, 2.24) is 10.2 Å². The van der Waals surface area contributed by atoms with Crippen LogP contribution in [-0.2, 0) is 29.2 Å². The van der Waals surface area contributed by atoms with Crippen LogP contribution in [0.4, 0.5) is 0 Å². The molecule has 2 aliphatic heterocycles. The Bertz CT molecular complexity index is 1080. The number of nitrogens with one attached hydrogen (secondary N) is 1. The van der Waals surface area contributed by atoms with E-state index in [-0.39, 0.29) is 16.8 Å². The Morgan fingerprint density at radius 3 is 2.71 bits per heavy atom. The van der Waals surface area contributed by atoms with E-state index in [9.17, 15) is 13.2 Å². The predicted molar refractivity (Wildman–Crippen MR) is 120 cm³/mol. The molecular formula is C24H30N2O4S. The molecule has 1 amide bonds. The third-order valence-corrected chi connectivity index (χ3v) is 7.28. The lowest BCUT2D eigenvalue weighted by Gasteiger charge is -2.37. The molecule has 166 valence electrons. The lowest BCUT2D eigenvalue weighted by atomic mass is 9.93. The average Bonchev–Trinajstić information content (AvgIpc) is 3.23. The van der Waals surface area contributed by atoms with Crippen molar-refractivity contribution in [3.05, 3.63) is 58.7 Å². The second kappa shape index (κ2) is 9.01. The van der Waals surface area contributed by atoms with Gasteiger partial charge in [0.2, 0.25) is 0 Å². The first kappa shape index (κ1) is 21.8. The van der Waals surface area contributed by atoms with E-state index in [1.165, 1.54) is 17.2 Å². The van der Waals surface area contributed by atoms with E-state index in [1.807, 2.05) is 0 Å². The molecule has 0 fully saturated rings. The fourth-order valence-corrected chi connectivity index (χ4v) is 5.12. The molecule has 0 saturated carbocycles. The van der Waals surface area contributed by atoms with E-state index in [4.69, 9.17) is 4.74 Å². The highest BCUT2D eigenvalue weighted by molar-refractivity contribution is 7.90. The molecule has 4 rings (SSSR count). The number of hydrogen-bond donors (Lipinski definition) is 1. The fourth-order valence-electron chi connectivity index (χ4n) is 4.43. The van der Waals surface area contributed by atoms with Crippen molar-refractivity contribution in [2.45, 2.75) is 50.1 Å². The number of ether oxygens (including phenoxy) is 1. The number of rotatable bonds is 7. The highest BCUT2D eigenvalue weighted by Gasteiger charge is 2.28. The molecule has 1 N–H and O–H groups in total. The maximum Gasteiger partial charge on any atom is 0.255 e. The van der Waals surface area contributed by atoms with Gasteiger partial charge in [0.1, 0.15) is 5.75 Å². The zero-order chi connectivity index (χ0) is 22.0. The van der Waals surface area contributed by atoms with E-state index in [0.29, 0.717) is 30.9 Å². The first-order valence-electron chi connectivity index (χ1n) is 11.0. The Balaban J connectivity index is 1.53. The average molecular weight is 443 g/mol. The monoisotopic (exact) mass is 442 g/mol. The number of unbranched alkanes of at least 4 members (excludes halogenated alkanes) is 1. The van der Waals surface area contributed by atoms with Crippen LogP contribution in [0, 0.1) is 0 Å². The molecule has 0 radical (unpaired) electrons.